The molecule has 0 fully saturated rings. The minimum Gasteiger partial charge on any atom is -0.469 e. The van der Waals surface area contributed by atoms with Gasteiger partial charge < -0.3 is 10.1 Å². The lowest BCUT2D eigenvalue weighted by Crippen LogP contribution is -2.37. The summed E-state index contributed by atoms with van der Waals surface area (Å²) in [7, 11) is -2.52. The fraction of sp³-hybridized carbons (Fsp3) is 0.385. The molecule has 21 heavy (non-hydrogen) atoms. The van der Waals surface area contributed by atoms with E-state index in [1.165, 1.54) is 7.11 Å². The highest BCUT2D eigenvalue weighted by Crippen LogP contribution is 2.22. The minimum absolute atomic E-state index is 0.0957. The van der Waals surface area contributed by atoms with Crippen LogP contribution in [0.2, 0.25) is 0 Å². The molecule has 0 aliphatic carbocycles. The average molecular weight is 312 g/mol. The van der Waals surface area contributed by atoms with E-state index in [2.05, 4.69) is 10.1 Å². The van der Waals surface area contributed by atoms with Crippen molar-refractivity contribution in [1.29, 1.82) is 0 Å². The van der Waals surface area contributed by atoms with Crippen LogP contribution < -0.4 is 5.32 Å². The van der Waals surface area contributed by atoms with Gasteiger partial charge in [-0.05, 0) is 11.6 Å². The second kappa shape index (κ2) is 6.23. The quantitative estimate of drug-likeness (QED) is 0.809. The fourth-order valence-corrected chi connectivity index (χ4v) is 3.35. The molecule has 7 nitrogen and oxygen atoms in total. The largest absolute Gasteiger partial charge is 0.469 e. The number of carbonyl (C=O) groups excluding carboxylic acids is 2. The zero-order valence-electron chi connectivity index (χ0n) is 11.5. The van der Waals surface area contributed by atoms with Crippen LogP contribution in [0.4, 0.5) is 5.69 Å². The molecule has 1 amide bonds. The van der Waals surface area contributed by atoms with Gasteiger partial charge in [-0.3, -0.25) is 9.59 Å². The third-order valence-electron chi connectivity index (χ3n) is 3.14. The Labute approximate surface area is 122 Å². The smallest absolute Gasteiger partial charge is 0.306 e. The normalized spacial score (nSPS) is 15.8. The van der Waals surface area contributed by atoms with Gasteiger partial charge in [-0.15, -0.1) is 0 Å². The zero-order chi connectivity index (χ0) is 15.5. The Morgan fingerprint density at radius 2 is 2.05 bits per heavy atom. The van der Waals surface area contributed by atoms with Crippen molar-refractivity contribution in [3.05, 3.63) is 29.8 Å². The van der Waals surface area contributed by atoms with E-state index < -0.39 is 21.9 Å². The van der Waals surface area contributed by atoms with Crippen LogP contribution in [-0.2, 0) is 30.9 Å². The molecular formula is C13H16N2O5S. The second-order valence-corrected chi connectivity index (χ2v) is 6.70. The van der Waals surface area contributed by atoms with Crippen LogP contribution in [-0.4, -0.2) is 44.0 Å². The van der Waals surface area contributed by atoms with E-state index in [-0.39, 0.29) is 25.3 Å². The molecule has 1 aromatic rings. The number of anilines is 1. The molecule has 0 spiro atoms. The standard InChI is InChI=1S/C13H16N2O5S/c1-20-13(17)6-7-21(18,19)15-8-10-4-2-3-5-11(10)14-12(16)9-15/h2-5H,6-9H2,1H3,(H,14,16). The van der Waals surface area contributed by atoms with Gasteiger partial charge in [-0.1, -0.05) is 18.2 Å². The van der Waals surface area contributed by atoms with E-state index in [1.807, 2.05) is 0 Å². The van der Waals surface area contributed by atoms with Crippen LogP contribution in [0, 0.1) is 0 Å². The first-order valence-corrected chi connectivity index (χ1v) is 7.95. The van der Waals surface area contributed by atoms with Gasteiger partial charge in [0.2, 0.25) is 15.9 Å². The number of methoxy groups -OCH3 is 1. The maximum atomic E-state index is 12.3. The molecule has 0 bridgehead atoms. The molecule has 1 aliphatic rings. The first-order chi connectivity index (χ1) is 9.92. The van der Waals surface area contributed by atoms with Crippen molar-refractivity contribution >= 4 is 27.6 Å². The number of rotatable bonds is 4. The summed E-state index contributed by atoms with van der Waals surface area (Å²) in [6.07, 6.45) is -0.238. The lowest BCUT2D eigenvalue weighted by molar-refractivity contribution is -0.140. The van der Waals surface area contributed by atoms with E-state index in [1.54, 1.807) is 24.3 Å². The minimum atomic E-state index is -3.72. The van der Waals surface area contributed by atoms with Crippen molar-refractivity contribution < 1.29 is 22.7 Å². The molecule has 1 aliphatic heterocycles. The van der Waals surface area contributed by atoms with Crippen LogP contribution in [0.5, 0.6) is 0 Å². The van der Waals surface area contributed by atoms with Gasteiger partial charge in [0.05, 0.1) is 25.8 Å². The predicted octanol–water partition coefficient (Wildman–Crippen LogP) is 0.334. The zero-order valence-corrected chi connectivity index (χ0v) is 12.4. The first kappa shape index (κ1) is 15.5. The number of hydrogen-bond donors (Lipinski definition) is 1. The monoisotopic (exact) mass is 312 g/mol. The molecule has 0 aromatic heterocycles. The van der Waals surface area contributed by atoms with Crippen molar-refractivity contribution in [1.82, 2.24) is 4.31 Å². The Bertz CT molecular complexity index is 656. The molecule has 0 atom stereocenters. The molecule has 0 saturated carbocycles. The van der Waals surface area contributed by atoms with Crippen LogP contribution in [0.25, 0.3) is 0 Å². The summed E-state index contributed by atoms with van der Waals surface area (Å²) in [5.74, 6) is -1.38. The van der Waals surface area contributed by atoms with Gasteiger partial charge in [-0.2, -0.15) is 4.31 Å². The molecule has 0 saturated heterocycles. The number of benzene rings is 1. The summed E-state index contributed by atoms with van der Waals surface area (Å²) in [6, 6.07) is 7.01. The number of amides is 1. The maximum Gasteiger partial charge on any atom is 0.306 e. The first-order valence-electron chi connectivity index (χ1n) is 6.35. The molecule has 8 heteroatoms. The molecule has 0 unspecified atom stereocenters. The lowest BCUT2D eigenvalue weighted by atomic mass is 10.2. The van der Waals surface area contributed by atoms with Gasteiger partial charge >= 0.3 is 5.97 Å². The number of esters is 1. The SMILES string of the molecule is COC(=O)CCS(=O)(=O)N1CC(=O)Nc2ccccc2C1. The lowest BCUT2D eigenvalue weighted by Gasteiger charge is -2.18. The Morgan fingerprint density at radius 1 is 1.33 bits per heavy atom. The molecule has 2 rings (SSSR count). The van der Waals surface area contributed by atoms with Crippen LogP contribution in [0.15, 0.2) is 24.3 Å². The molecule has 1 heterocycles. The summed E-state index contributed by atoms with van der Waals surface area (Å²) in [4.78, 5) is 22.9. The molecule has 114 valence electrons. The Balaban J connectivity index is 2.19. The van der Waals surface area contributed by atoms with E-state index in [0.29, 0.717) is 11.3 Å². The predicted molar refractivity (Wildman–Crippen MR) is 75.9 cm³/mol. The molecule has 1 N–H and O–H groups in total. The van der Waals surface area contributed by atoms with E-state index >= 15 is 0 Å². The van der Waals surface area contributed by atoms with Gasteiger partial charge in [0.15, 0.2) is 0 Å². The Morgan fingerprint density at radius 3 is 2.76 bits per heavy atom. The van der Waals surface area contributed by atoms with Crippen LogP contribution in [0.3, 0.4) is 0 Å². The highest BCUT2D eigenvalue weighted by atomic mass is 32.2. The highest BCUT2D eigenvalue weighted by Gasteiger charge is 2.28. The number of carbonyl (C=O) groups is 2. The van der Waals surface area contributed by atoms with Crippen molar-refractivity contribution in [3.8, 4) is 0 Å². The fourth-order valence-electron chi connectivity index (χ4n) is 2.02. The number of sulfonamides is 1. The average Bonchev–Trinajstić information content (AvgIpc) is 2.63. The summed E-state index contributed by atoms with van der Waals surface area (Å²) in [5, 5.41) is 2.66. The van der Waals surface area contributed by atoms with Crippen molar-refractivity contribution in [3.63, 3.8) is 0 Å². The molecular weight excluding hydrogens is 296 g/mol. The number of ether oxygens (including phenoxy) is 1. The Kier molecular flexibility index (Phi) is 4.59. The van der Waals surface area contributed by atoms with Gasteiger partial charge in [-0.25, -0.2) is 8.42 Å². The van der Waals surface area contributed by atoms with Crippen molar-refractivity contribution in [2.24, 2.45) is 0 Å². The van der Waals surface area contributed by atoms with E-state index in [9.17, 15) is 18.0 Å². The highest BCUT2D eigenvalue weighted by molar-refractivity contribution is 7.89. The number of hydrogen-bond acceptors (Lipinski definition) is 5. The topological polar surface area (TPSA) is 92.8 Å². The van der Waals surface area contributed by atoms with Crippen molar-refractivity contribution in [2.75, 3.05) is 24.7 Å². The number of nitrogens with zero attached hydrogens (tertiary/aromatic N) is 1. The summed E-state index contributed by atoms with van der Waals surface area (Å²) in [6.45, 7) is -0.170. The van der Waals surface area contributed by atoms with Crippen molar-refractivity contribution in [2.45, 2.75) is 13.0 Å². The molecule has 1 aromatic carbocycles. The van der Waals surface area contributed by atoms with Crippen LogP contribution in [0.1, 0.15) is 12.0 Å². The van der Waals surface area contributed by atoms with Gasteiger partial charge in [0, 0.05) is 12.2 Å². The summed E-state index contributed by atoms with van der Waals surface area (Å²) < 4.78 is 30.0. The summed E-state index contributed by atoms with van der Waals surface area (Å²) >= 11 is 0. The number of nitrogens with one attached hydrogen (secondary N) is 1. The second-order valence-electron chi connectivity index (χ2n) is 4.62. The third-order valence-corrected chi connectivity index (χ3v) is 4.91. The number of fused-ring (bicyclic) bond motifs is 1. The van der Waals surface area contributed by atoms with Gasteiger partial charge in [0.25, 0.3) is 0 Å². The van der Waals surface area contributed by atoms with E-state index in [4.69, 9.17) is 0 Å². The Hall–Kier alpha value is -1.93. The van der Waals surface area contributed by atoms with Gasteiger partial charge in [0.1, 0.15) is 0 Å². The summed E-state index contributed by atoms with van der Waals surface area (Å²) in [5.41, 5.74) is 1.32. The van der Waals surface area contributed by atoms with Crippen LogP contribution >= 0.6 is 0 Å². The third kappa shape index (κ3) is 3.79. The van der Waals surface area contributed by atoms with E-state index in [0.717, 1.165) is 4.31 Å². The molecule has 0 radical (unpaired) electrons. The maximum absolute atomic E-state index is 12.3. The number of para-hydroxylation sites is 1.